The zero-order chi connectivity index (χ0) is 20.9. The van der Waals surface area contributed by atoms with Crippen molar-refractivity contribution in [1.29, 1.82) is 0 Å². The van der Waals surface area contributed by atoms with E-state index >= 15 is 0 Å². The van der Waals surface area contributed by atoms with Gasteiger partial charge in [-0.2, -0.15) is 5.10 Å². The van der Waals surface area contributed by atoms with Crippen molar-refractivity contribution in [1.82, 2.24) is 24.5 Å². The first-order valence-corrected chi connectivity index (χ1v) is 9.68. The van der Waals surface area contributed by atoms with Gasteiger partial charge in [-0.1, -0.05) is 47.5 Å². The lowest BCUT2D eigenvalue weighted by molar-refractivity contribution is 0.100. The topological polar surface area (TPSA) is 86.9 Å². The Morgan fingerprint density at radius 3 is 2.80 bits per heavy atom. The highest BCUT2D eigenvalue weighted by atomic mass is 35.5. The van der Waals surface area contributed by atoms with Crippen LogP contribution in [-0.2, 0) is 13.3 Å². The number of carbonyl (C=O) groups is 1. The van der Waals surface area contributed by atoms with Crippen molar-refractivity contribution >= 4 is 35.1 Å². The van der Waals surface area contributed by atoms with Crippen molar-refractivity contribution in [2.45, 2.75) is 13.3 Å². The molecule has 0 aliphatic carbocycles. The molecule has 0 atom stereocenters. The van der Waals surface area contributed by atoms with Crippen molar-refractivity contribution in [3.8, 4) is 5.75 Å². The van der Waals surface area contributed by atoms with E-state index in [1.54, 1.807) is 35.0 Å². The average Bonchev–Trinajstić information content (AvgIpc) is 3.37. The van der Waals surface area contributed by atoms with Crippen LogP contribution in [0.15, 0.2) is 67.1 Å². The Balaban J connectivity index is 1.40. The normalized spacial score (nSPS) is 10.7. The van der Waals surface area contributed by atoms with Gasteiger partial charge in [0.2, 0.25) is 5.95 Å². The molecule has 0 fully saturated rings. The zero-order valence-corrected chi connectivity index (χ0v) is 17.1. The molecule has 0 radical (unpaired) electrons. The summed E-state index contributed by atoms with van der Waals surface area (Å²) in [7, 11) is 0. The zero-order valence-electron chi connectivity index (χ0n) is 15.6. The van der Waals surface area contributed by atoms with E-state index in [0.29, 0.717) is 28.0 Å². The summed E-state index contributed by atoms with van der Waals surface area (Å²) in [5.41, 5.74) is 1.27. The summed E-state index contributed by atoms with van der Waals surface area (Å²) in [4.78, 5) is 16.8. The summed E-state index contributed by atoms with van der Waals surface area (Å²) in [5.74, 6) is 0.278. The van der Waals surface area contributed by atoms with E-state index in [1.807, 2.05) is 24.3 Å². The minimum atomic E-state index is -0.407. The summed E-state index contributed by atoms with van der Waals surface area (Å²) < 4.78 is 8.67. The van der Waals surface area contributed by atoms with Gasteiger partial charge in [-0.15, -0.1) is 5.10 Å². The Morgan fingerprint density at radius 1 is 1.10 bits per heavy atom. The third-order valence-electron chi connectivity index (χ3n) is 4.12. The predicted octanol–water partition coefficient (Wildman–Crippen LogP) is 4.12. The standard InChI is InChI=1S/C20H16Cl2N6O2/c21-15-5-3-4-14(10-15)11-27-12-23-20(26-27)25-19(29)17-8-9-24-28(17)13-30-18-7-2-1-6-16(18)22/h1-10,12H,11,13H2,(H,25,26,29). The highest BCUT2D eigenvalue weighted by Gasteiger charge is 2.15. The van der Waals surface area contributed by atoms with Gasteiger partial charge in [-0.05, 0) is 35.9 Å². The van der Waals surface area contributed by atoms with Crippen LogP contribution in [0.4, 0.5) is 5.95 Å². The Hall–Kier alpha value is -3.36. The molecule has 4 aromatic rings. The van der Waals surface area contributed by atoms with E-state index in [9.17, 15) is 4.79 Å². The molecule has 2 aromatic carbocycles. The lowest BCUT2D eigenvalue weighted by Crippen LogP contribution is -2.20. The molecule has 0 aliphatic heterocycles. The molecular weight excluding hydrogens is 427 g/mol. The second kappa shape index (κ2) is 8.98. The third kappa shape index (κ3) is 4.79. The summed E-state index contributed by atoms with van der Waals surface area (Å²) >= 11 is 12.1. The summed E-state index contributed by atoms with van der Waals surface area (Å²) in [6.45, 7) is 0.503. The van der Waals surface area contributed by atoms with Crippen LogP contribution in [0.25, 0.3) is 0 Å². The Labute approximate surface area is 182 Å². The van der Waals surface area contributed by atoms with Crippen LogP contribution in [-0.4, -0.2) is 30.5 Å². The van der Waals surface area contributed by atoms with E-state index in [-0.39, 0.29) is 12.7 Å². The molecule has 0 aliphatic rings. The molecule has 0 saturated carbocycles. The van der Waals surface area contributed by atoms with Crippen LogP contribution in [0.2, 0.25) is 10.0 Å². The van der Waals surface area contributed by atoms with Crippen LogP contribution in [0.5, 0.6) is 5.75 Å². The lowest BCUT2D eigenvalue weighted by atomic mass is 10.2. The number of rotatable bonds is 7. The molecule has 0 spiro atoms. The lowest BCUT2D eigenvalue weighted by Gasteiger charge is -2.10. The van der Waals surface area contributed by atoms with Crippen LogP contribution >= 0.6 is 23.2 Å². The Bertz CT molecular complexity index is 1170. The van der Waals surface area contributed by atoms with Crippen LogP contribution in [0, 0.1) is 0 Å². The molecule has 0 bridgehead atoms. The number of carbonyl (C=O) groups excluding carboxylic acids is 1. The van der Waals surface area contributed by atoms with E-state index < -0.39 is 5.91 Å². The molecule has 1 amide bonds. The van der Waals surface area contributed by atoms with E-state index in [0.717, 1.165) is 5.56 Å². The highest BCUT2D eigenvalue weighted by molar-refractivity contribution is 6.32. The van der Waals surface area contributed by atoms with E-state index in [4.69, 9.17) is 27.9 Å². The van der Waals surface area contributed by atoms with Gasteiger partial charge in [0, 0.05) is 11.2 Å². The monoisotopic (exact) mass is 442 g/mol. The first-order chi connectivity index (χ1) is 14.6. The minimum absolute atomic E-state index is 0.0239. The maximum atomic E-state index is 12.6. The number of hydrogen-bond donors (Lipinski definition) is 1. The molecule has 4 rings (SSSR count). The van der Waals surface area contributed by atoms with Crippen molar-refractivity contribution in [2.24, 2.45) is 0 Å². The molecule has 30 heavy (non-hydrogen) atoms. The van der Waals surface area contributed by atoms with Crippen LogP contribution in [0.1, 0.15) is 16.1 Å². The fraction of sp³-hybridized carbons (Fsp3) is 0.100. The maximum Gasteiger partial charge on any atom is 0.276 e. The summed E-state index contributed by atoms with van der Waals surface area (Å²) in [6.07, 6.45) is 3.05. The molecule has 152 valence electrons. The number of aromatic nitrogens is 5. The molecule has 1 N–H and O–H groups in total. The van der Waals surface area contributed by atoms with Crippen LogP contribution in [0.3, 0.4) is 0 Å². The number of ether oxygens (including phenoxy) is 1. The van der Waals surface area contributed by atoms with Gasteiger partial charge in [0.25, 0.3) is 5.91 Å². The van der Waals surface area contributed by atoms with Crippen LogP contribution < -0.4 is 10.1 Å². The molecule has 0 saturated heterocycles. The SMILES string of the molecule is O=C(Nc1ncn(Cc2cccc(Cl)c2)n1)c1ccnn1COc1ccccc1Cl. The largest absolute Gasteiger partial charge is 0.470 e. The fourth-order valence-corrected chi connectivity index (χ4v) is 3.14. The molecule has 8 nitrogen and oxygen atoms in total. The second-order valence-electron chi connectivity index (χ2n) is 6.27. The third-order valence-corrected chi connectivity index (χ3v) is 4.67. The highest BCUT2D eigenvalue weighted by Crippen LogP contribution is 2.23. The van der Waals surface area contributed by atoms with Crippen molar-refractivity contribution in [3.05, 3.63) is 88.4 Å². The van der Waals surface area contributed by atoms with Gasteiger partial charge in [0.1, 0.15) is 17.8 Å². The van der Waals surface area contributed by atoms with E-state index in [2.05, 4.69) is 20.5 Å². The second-order valence-corrected chi connectivity index (χ2v) is 7.11. The van der Waals surface area contributed by atoms with Gasteiger partial charge >= 0.3 is 0 Å². The van der Waals surface area contributed by atoms with Crippen molar-refractivity contribution in [3.63, 3.8) is 0 Å². The number of benzene rings is 2. The first-order valence-electron chi connectivity index (χ1n) is 8.93. The maximum absolute atomic E-state index is 12.6. The Morgan fingerprint density at radius 2 is 1.97 bits per heavy atom. The number of nitrogens with zero attached hydrogens (tertiary/aromatic N) is 5. The Kier molecular flexibility index (Phi) is 5.97. The van der Waals surface area contributed by atoms with Crippen molar-refractivity contribution in [2.75, 3.05) is 5.32 Å². The summed E-state index contributed by atoms with van der Waals surface area (Å²) in [6, 6.07) is 16.1. The number of hydrogen-bond acceptors (Lipinski definition) is 5. The number of nitrogens with one attached hydrogen (secondary N) is 1. The fourth-order valence-electron chi connectivity index (χ4n) is 2.74. The molecule has 2 heterocycles. The molecule has 0 unspecified atom stereocenters. The number of para-hydroxylation sites is 1. The number of anilines is 1. The first kappa shape index (κ1) is 19.9. The number of halogens is 2. The minimum Gasteiger partial charge on any atom is -0.470 e. The van der Waals surface area contributed by atoms with Gasteiger partial charge in [0.15, 0.2) is 6.73 Å². The quantitative estimate of drug-likeness (QED) is 0.465. The smallest absolute Gasteiger partial charge is 0.276 e. The van der Waals surface area contributed by atoms with Gasteiger partial charge in [0.05, 0.1) is 11.6 Å². The van der Waals surface area contributed by atoms with Gasteiger partial charge in [-0.3, -0.25) is 10.1 Å². The number of amides is 1. The van der Waals surface area contributed by atoms with Gasteiger partial charge < -0.3 is 4.74 Å². The molecular formula is C20H16Cl2N6O2. The summed E-state index contributed by atoms with van der Waals surface area (Å²) in [5, 5.41) is 12.2. The predicted molar refractivity (Wildman–Crippen MR) is 113 cm³/mol. The molecule has 2 aromatic heterocycles. The molecule has 10 heteroatoms. The average molecular weight is 443 g/mol. The van der Waals surface area contributed by atoms with E-state index in [1.165, 1.54) is 17.2 Å². The van der Waals surface area contributed by atoms with Crippen molar-refractivity contribution < 1.29 is 9.53 Å². The van der Waals surface area contributed by atoms with Gasteiger partial charge in [-0.25, -0.2) is 14.3 Å².